The highest BCUT2D eigenvalue weighted by molar-refractivity contribution is 5.35. The molecule has 0 aromatic carbocycles. The lowest BCUT2D eigenvalue weighted by Gasteiger charge is -2.32. The molecule has 1 N–H and O–H groups in total. The summed E-state index contributed by atoms with van der Waals surface area (Å²) >= 11 is 0. The first kappa shape index (κ1) is 14.1. The Morgan fingerprint density at radius 2 is 2.29 bits per heavy atom. The second-order valence-corrected chi connectivity index (χ2v) is 5.79. The van der Waals surface area contributed by atoms with Crippen molar-refractivity contribution in [1.29, 1.82) is 0 Å². The van der Waals surface area contributed by atoms with Crippen molar-refractivity contribution in [2.75, 3.05) is 25.5 Å². The van der Waals surface area contributed by atoms with Crippen LogP contribution in [0.2, 0.25) is 0 Å². The molecule has 1 aliphatic heterocycles. The fourth-order valence-corrected chi connectivity index (χ4v) is 3.07. The van der Waals surface area contributed by atoms with Crippen LogP contribution in [0.15, 0.2) is 30.6 Å². The minimum Gasteiger partial charge on any atom is -0.373 e. The number of likely N-dealkylation sites (tertiary alicyclic amines) is 1. The Balaban J connectivity index is 1.67. The number of nitrogens with zero attached hydrogens (tertiary/aromatic N) is 4. The molecular weight excluding hydrogens is 262 g/mol. The zero-order chi connectivity index (χ0) is 14.7. The van der Waals surface area contributed by atoms with E-state index in [0.29, 0.717) is 5.92 Å². The number of aromatic nitrogens is 3. The number of piperidine rings is 1. The maximum atomic E-state index is 4.71. The van der Waals surface area contributed by atoms with Gasteiger partial charge in [-0.05, 0) is 31.5 Å². The van der Waals surface area contributed by atoms with E-state index in [9.17, 15) is 0 Å². The van der Waals surface area contributed by atoms with Crippen LogP contribution in [-0.2, 0) is 13.6 Å². The Hall–Kier alpha value is -1.88. The minimum absolute atomic E-state index is 0.531. The summed E-state index contributed by atoms with van der Waals surface area (Å²) in [6.07, 6.45) is 6.52. The molecule has 0 saturated carbocycles. The molecule has 112 valence electrons. The van der Waals surface area contributed by atoms with Crippen molar-refractivity contribution in [2.24, 2.45) is 7.05 Å². The van der Waals surface area contributed by atoms with Crippen LogP contribution >= 0.6 is 0 Å². The summed E-state index contributed by atoms with van der Waals surface area (Å²) in [7, 11) is 3.89. The van der Waals surface area contributed by atoms with Crippen molar-refractivity contribution in [3.05, 3.63) is 41.9 Å². The highest BCUT2D eigenvalue weighted by atomic mass is 15.2. The standard InChI is InChI=1S/C16H23N5/c1-17-16-7-3-6-15(19-16)14-5-4-8-21(12-14)11-13-9-18-20(2)10-13/h3,6-7,9-10,14H,4-5,8,11-12H2,1-2H3,(H,17,19)/t14-/m0/s1. The number of hydrogen-bond acceptors (Lipinski definition) is 4. The zero-order valence-electron chi connectivity index (χ0n) is 12.8. The predicted octanol–water partition coefficient (Wildman–Crippen LogP) is 2.24. The fourth-order valence-electron chi connectivity index (χ4n) is 3.07. The van der Waals surface area contributed by atoms with Crippen LogP contribution < -0.4 is 5.32 Å². The SMILES string of the molecule is CNc1cccc([C@H]2CCCN(Cc3cnn(C)c3)C2)n1. The van der Waals surface area contributed by atoms with E-state index >= 15 is 0 Å². The summed E-state index contributed by atoms with van der Waals surface area (Å²) in [6, 6.07) is 6.26. The van der Waals surface area contributed by atoms with Gasteiger partial charge in [0.2, 0.25) is 0 Å². The van der Waals surface area contributed by atoms with E-state index in [-0.39, 0.29) is 0 Å². The third-order valence-corrected chi connectivity index (χ3v) is 4.12. The summed E-state index contributed by atoms with van der Waals surface area (Å²) in [5.74, 6) is 1.49. The van der Waals surface area contributed by atoms with E-state index in [0.717, 1.165) is 25.5 Å². The van der Waals surface area contributed by atoms with E-state index in [1.165, 1.54) is 24.1 Å². The molecule has 0 unspecified atom stereocenters. The molecule has 1 aliphatic rings. The maximum Gasteiger partial charge on any atom is 0.125 e. The van der Waals surface area contributed by atoms with Gasteiger partial charge in [0.05, 0.1) is 6.20 Å². The Labute approximate surface area is 126 Å². The molecule has 3 heterocycles. The van der Waals surface area contributed by atoms with E-state index in [2.05, 4.69) is 33.6 Å². The second kappa shape index (κ2) is 6.26. The molecule has 1 saturated heterocycles. The molecule has 5 nitrogen and oxygen atoms in total. The number of anilines is 1. The summed E-state index contributed by atoms with van der Waals surface area (Å²) in [5, 5.41) is 7.38. The van der Waals surface area contributed by atoms with Crippen LogP contribution in [-0.4, -0.2) is 39.8 Å². The first-order valence-electron chi connectivity index (χ1n) is 7.59. The monoisotopic (exact) mass is 285 g/mol. The Kier molecular flexibility index (Phi) is 4.20. The largest absolute Gasteiger partial charge is 0.373 e. The van der Waals surface area contributed by atoms with Gasteiger partial charge >= 0.3 is 0 Å². The molecule has 3 rings (SSSR count). The van der Waals surface area contributed by atoms with Crippen molar-refractivity contribution < 1.29 is 0 Å². The van der Waals surface area contributed by atoms with Crippen molar-refractivity contribution in [3.8, 4) is 0 Å². The fraction of sp³-hybridized carbons (Fsp3) is 0.500. The molecule has 0 amide bonds. The molecule has 0 radical (unpaired) electrons. The van der Waals surface area contributed by atoms with Gasteiger partial charge in [0.15, 0.2) is 0 Å². The van der Waals surface area contributed by atoms with Crippen LogP contribution in [0.25, 0.3) is 0 Å². The van der Waals surface area contributed by atoms with Crippen LogP contribution in [0, 0.1) is 0 Å². The molecule has 0 spiro atoms. The van der Waals surface area contributed by atoms with E-state index < -0.39 is 0 Å². The minimum atomic E-state index is 0.531. The van der Waals surface area contributed by atoms with Gasteiger partial charge in [-0.2, -0.15) is 5.10 Å². The molecule has 0 bridgehead atoms. The zero-order valence-corrected chi connectivity index (χ0v) is 12.8. The third-order valence-electron chi connectivity index (χ3n) is 4.12. The highest BCUT2D eigenvalue weighted by Crippen LogP contribution is 2.27. The van der Waals surface area contributed by atoms with Crippen molar-refractivity contribution >= 4 is 5.82 Å². The van der Waals surface area contributed by atoms with E-state index in [1.54, 1.807) is 0 Å². The maximum absolute atomic E-state index is 4.71. The van der Waals surface area contributed by atoms with Crippen LogP contribution in [0.5, 0.6) is 0 Å². The van der Waals surface area contributed by atoms with Crippen LogP contribution in [0.3, 0.4) is 0 Å². The smallest absolute Gasteiger partial charge is 0.125 e. The van der Waals surface area contributed by atoms with Gasteiger partial charge in [0.1, 0.15) is 5.82 Å². The Morgan fingerprint density at radius 1 is 1.38 bits per heavy atom. The highest BCUT2D eigenvalue weighted by Gasteiger charge is 2.22. The predicted molar refractivity (Wildman–Crippen MR) is 84.2 cm³/mol. The molecular formula is C16H23N5. The number of pyridine rings is 1. The van der Waals surface area contributed by atoms with Gasteiger partial charge in [-0.3, -0.25) is 9.58 Å². The van der Waals surface area contributed by atoms with Gasteiger partial charge in [-0.1, -0.05) is 6.07 Å². The molecule has 5 heteroatoms. The normalized spacial score (nSPS) is 19.6. The Bertz CT molecular complexity index is 592. The number of nitrogens with one attached hydrogen (secondary N) is 1. The van der Waals surface area contributed by atoms with Crippen molar-refractivity contribution in [2.45, 2.75) is 25.3 Å². The van der Waals surface area contributed by atoms with Gasteiger partial charge in [0.25, 0.3) is 0 Å². The summed E-state index contributed by atoms with van der Waals surface area (Å²) in [4.78, 5) is 7.22. The molecule has 2 aromatic rings. The van der Waals surface area contributed by atoms with Crippen molar-refractivity contribution in [1.82, 2.24) is 19.7 Å². The molecule has 21 heavy (non-hydrogen) atoms. The quantitative estimate of drug-likeness (QED) is 0.936. The number of rotatable bonds is 4. The first-order valence-corrected chi connectivity index (χ1v) is 7.59. The molecule has 1 fully saturated rings. The van der Waals surface area contributed by atoms with Gasteiger partial charge in [0, 0.05) is 50.6 Å². The topological polar surface area (TPSA) is 46.0 Å². The lowest BCUT2D eigenvalue weighted by molar-refractivity contribution is 0.198. The lowest BCUT2D eigenvalue weighted by atomic mass is 9.94. The Morgan fingerprint density at radius 3 is 3.05 bits per heavy atom. The average molecular weight is 285 g/mol. The van der Waals surface area contributed by atoms with Gasteiger partial charge in [-0.25, -0.2) is 4.98 Å². The lowest BCUT2D eigenvalue weighted by Crippen LogP contribution is -2.34. The average Bonchev–Trinajstić information content (AvgIpc) is 2.93. The molecule has 2 aromatic heterocycles. The summed E-state index contributed by atoms with van der Waals surface area (Å²) in [6.45, 7) is 3.22. The molecule has 0 aliphatic carbocycles. The van der Waals surface area contributed by atoms with Gasteiger partial charge in [-0.15, -0.1) is 0 Å². The number of aryl methyl sites for hydroxylation is 1. The van der Waals surface area contributed by atoms with Crippen LogP contribution in [0.4, 0.5) is 5.82 Å². The summed E-state index contributed by atoms with van der Waals surface area (Å²) < 4.78 is 1.87. The van der Waals surface area contributed by atoms with E-state index in [4.69, 9.17) is 4.98 Å². The molecule has 1 atom stereocenters. The first-order chi connectivity index (χ1) is 10.2. The number of hydrogen-bond donors (Lipinski definition) is 1. The van der Waals surface area contributed by atoms with Crippen molar-refractivity contribution in [3.63, 3.8) is 0 Å². The summed E-state index contributed by atoms with van der Waals surface area (Å²) in [5.41, 5.74) is 2.49. The van der Waals surface area contributed by atoms with Crippen LogP contribution in [0.1, 0.15) is 30.0 Å². The van der Waals surface area contributed by atoms with E-state index in [1.807, 2.05) is 31.0 Å². The second-order valence-electron chi connectivity index (χ2n) is 5.79. The van der Waals surface area contributed by atoms with Gasteiger partial charge < -0.3 is 5.32 Å². The third kappa shape index (κ3) is 3.42.